The molecule has 0 unspecified atom stereocenters. The van der Waals surface area contributed by atoms with E-state index >= 15 is 0 Å². The first-order chi connectivity index (χ1) is 14.6. The van der Waals surface area contributed by atoms with E-state index in [4.69, 9.17) is 9.72 Å². The fourth-order valence-corrected chi connectivity index (χ4v) is 3.61. The van der Waals surface area contributed by atoms with Crippen molar-refractivity contribution in [2.75, 3.05) is 7.11 Å². The molecule has 31 heavy (non-hydrogen) atoms. The fourth-order valence-electron chi connectivity index (χ4n) is 3.61. The molecule has 0 radical (unpaired) electrons. The monoisotopic (exact) mass is 524 g/mol. The SMILES string of the molecule is COC(=O)CCC1=Cc2cc3ccc(cc4nc(cc5ccc(cc1n2)[nH]5)C=C4)[nH]3.I. The summed E-state index contributed by atoms with van der Waals surface area (Å²) in [6.45, 7) is 0. The first-order valence-electron chi connectivity index (χ1n) is 9.79. The largest absolute Gasteiger partial charge is 0.469 e. The van der Waals surface area contributed by atoms with Crippen molar-refractivity contribution in [2.45, 2.75) is 12.8 Å². The van der Waals surface area contributed by atoms with Crippen LogP contribution in [-0.4, -0.2) is 33.0 Å². The van der Waals surface area contributed by atoms with E-state index in [1.54, 1.807) is 0 Å². The van der Waals surface area contributed by atoms with Crippen LogP contribution in [0.4, 0.5) is 0 Å². The molecule has 5 rings (SSSR count). The number of allylic oxidation sites excluding steroid dienone is 1. The number of hydrogen-bond donors (Lipinski definition) is 2. The number of nitrogens with zero attached hydrogens (tertiary/aromatic N) is 2. The summed E-state index contributed by atoms with van der Waals surface area (Å²) >= 11 is 0. The van der Waals surface area contributed by atoms with Gasteiger partial charge in [0.25, 0.3) is 0 Å². The van der Waals surface area contributed by atoms with Crippen molar-refractivity contribution in [1.29, 1.82) is 0 Å². The molecule has 0 saturated carbocycles. The van der Waals surface area contributed by atoms with Gasteiger partial charge in [-0.05, 0) is 78.8 Å². The second kappa shape index (κ2) is 8.89. The molecule has 5 heterocycles. The van der Waals surface area contributed by atoms with Crippen molar-refractivity contribution in [3.05, 3.63) is 71.3 Å². The molecule has 3 aromatic rings. The lowest BCUT2D eigenvalue weighted by molar-refractivity contribution is -0.140. The zero-order valence-electron chi connectivity index (χ0n) is 16.9. The van der Waals surface area contributed by atoms with Crippen LogP contribution in [-0.2, 0) is 9.53 Å². The van der Waals surface area contributed by atoms with Crippen LogP contribution in [0.1, 0.15) is 35.6 Å². The lowest BCUT2D eigenvalue weighted by Gasteiger charge is -2.00. The average Bonchev–Trinajstić information content (AvgIpc) is 3.51. The van der Waals surface area contributed by atoms with Gasteiger partial charge in [-0.1, -0.05) is 0 Å². The Kier molecular flexibility index (Phi) is 6.03. The predicted octanol–water partition coefficient (Wildman–Crippen LogP) is 5.60. The smallest absolute Gasteiger partial charge is 0.305 e. The number of nitrogens with one attached hydrogen (secondary N) is 2. The highest BCUT2D eigenvalue weighted by Crippen LogP contribution is 2.26. The highest BCUT2D eigenvalue weighted by molar-refractivity contribution is 14.0. The third-order valence-corrected chi connectivity index (χ3v) is 5.07. The summed E-state index contributed by atoms with van der Waals surface area (Å²) in [6, 6.07) is 16.1. The molecule has 0 amide bonds. The number of carbonyl (C=O) groups excluding carboxylic acids is 1. The average molecular weight is 524 g/mol. The minimum atomic E-state index is -0.228. The van der Waals surface area contributed by atoms with Crippen molar-refractivity contribution in [3.63, 3.8) is 0 Å². The van der Waals surface area contributed by atoms with Gasteiger partial charge in [0.1, 0.15) is 0 Å². The van der Waals surface area contributed by atoms with Crippen LogP contribution in [0, 0.1) is 0 Å². The Morgan fingerprint density at radius 3 is 1.97 bits per heavy atom. The Labute approximate surface area is 196 Å². The van der Waals surface area contributed by atoms with Gasteiger partial charge in [0.05, 0.1) is 29.9 Å². The van der Waals surface area contributed by atoms with Gasteiger partial charge >= 0.3 is 5.97 Å². The van der Waals surface area contributed by atoms with Crippen molar-refractivity contribution in [2.24, 2.45) is 0 Å². The summed E-state index contributed by atoms with van der Waals surface area (Å²) in [5.74, 6) is -0.228. The van der Waals surface area contributed by atoms with Gasteiger partial charge in [-0.15, -0.1) is 24.0 Å². The predicted molar refractivity (Wildman–Crippen MR) is 134 cm³/mol. The number of aromatic nitrogens is 4. The maximum absolute atomic E-state index is 11.6. The van der Waals surface area contributed by atoms with Gasteiger partial charge in [-0.2, -0.15) is 0 Å². The molecule has 0 aromatic carbocycles. The number of halogens is 1. The van der Waals surface area contributed by atoms with Gasteiger partial charge in [0, 0.05) is 28.5 Å². The Balaban J connectivity index is 0.00000231. The van der Waals surface area contributed by atoms with E-state index in [2.05, 4.69) is 15.0 Å². The topological polar surface area (TPSA) is 83.7 Å². The molecule has 6 nitrogen and oxygen atoms in total. The van der Waals surface area contributed by atoms with Crippen LogP contribution in [0.5, 0.6) is 0 Å². The van der Waals surface area contributed by atoms with E-state index in [9.17, 15) is 4.79 Å². The van der Waals surface area contributed by atoms with E-state index in [0.29, 0.717) is 12.8 Å². The molecule has 0 fully saturated rings. The standard InChI is InChI=1S/C24H20N4O2.HI/c1-30-24(29)9-2-15-10-22-13-20-6-5-18(26-20)11-16-3-4-17(25-16)12-19-7-8-21(27-19)14-23(15)28-22;/h3-8,10-14,26-27H,2,9H2,1H3;1H. The zero-order valence-corrected chi connectivity index (χ0v) is 19.2. The van der Waals surface area contributed by atoms with Crippen LogP contribution >= 0.6 is 24.0 Å². The Hall–Kier alpha value is -3.20. The first-order valence-corrected chi connectivity index (χ1v) is 9.79. The van der Waals surface area contributed by atoms with Gasteiger partial charge in [0.15, 0.2) is 0 Å². The van der Waals surface area contributed by atoms with Crippen molar-refractivity contribution < 1.29 is 9.53 Å². The molecular weight excluding hydrogens is 503 g/mol. The van der Waals surface area contributed by atoms with Crippen LogP contribution < -0.4 is 0 Å². The van der Waals surface area contributed by atoms with Crippen LogP contribution in [0.15, 0.2) is 48.5 Å². The van der Waals surface area contributed by atoms with Gasteiger partial charge in [-0.25, -0.2) is 9.97 Å². The minimum absolute atomic E-state index is 0. The first kappa shape index (κ1) is 21.0. The Morgan fingerprint density at radius 2 is 1.39 bits per heavy atom. The van der Waals surface area contributed by atoms with Crippen LogP contribution in [0.2, 0.25) is 0 Å². The highest BCUT2D eigenvalue weighted by atomic mass is 127. The zero-order chi connectivity index (χ0) is 20.5. The fraction of sp³-hybridized carbons (Fsp3) is 0.125. The summed E-state index contributed by atoms with van der Waals surface area (Å²) in [6.07, 6.45) is 6.92. The molecule has 0 aliphatic carbocycles. The Morgan fingerprint density at radius 1 is 0.839 bits per heavy atom. The van der Waals surface area contributed by atoms with Gasteiger partial charge in [0.2, 0.25) is 0 Å². The number of fused-ring (bicyclic) bond motifs is 8. The summed E-state index contributed by atoms with van der Waals surface area (Å²) in [7, 11) is 1.41. The number of rotatable bonds is 3. The third-order valence-electron chi connectivity index (χ3n) is 5.07. The number of methoxy groups -OCH3 is 1. The molecule has 7 heteroatoms. The summed E-state index contributed by atoms with van der Waals surface area (Å²) in [5.41, 5.74) is 8.34. The molecule has 2 aliphatic heterocycles. The summed E-state index contributed by atoms with van der Waals surface area (Å²) in [5, 5.41) is 0. The van der Waals surface area contributed by atoms with Crippen molar-refractivity contribution in [3.8, 4) is 0 Å². The lowest BCUT2D eigenvalue weighted by Crippen LogP contribution is -1.99. The lowest BCUT2D eigenvalue weighted by atomic mass is 10.1. The number of carbonyl (C=O) groups is 1. The van der Waals surface area contributed by atoms with Crippen LogP contribution in [0.25, 0.3) is 45.9 Å². The van der Waals surface area contributed by atoms with E-state index < -0.39 is 0 Å². The minimum Gasteiger partial charge on any atom is -0.469 e. The van der Waals surface area contributed by atoms with E-state index in [1.165, 1.54) is 7.11 Å². The molecule has 2 N–H and O–H groups in total. The number of ether oxygens (including phenoxy) is 1. The number of hydrogen-bond acceptors (Lipinski definition) is 4. The highest BCUT2D eigenvalue weighted by Gasteiger charge is 2.12. The second-order valence-electron chi connectivity index (χ2n) is 7.28. The Bertz CT molecular complexity index is 1360. The second-order valence-corrected chi connectivity index (χ2v) is 7.28. The van der Waals surface area contributed by atoms with Crippen molar-refractivity contribution >= 4 is 75.8 Å². The number of H-pyrrole nitrogens is 2. The van der Waals surface area contributed by atoms with Crippen LogP contribution in [0.3, 0.4) is 0 Å². The molecular formula is C24H21IN4O2. The van der Waals surface area contributed by atoms with Gasteiger partial charge < -0.3 is 14.7 Å². The van der Waals surface area contributed by atoms with E-state index in [1.807, 2.05) is 66.8 Å². The molecule has 0 atom stereocenters. The van der Waals surface area contributed by atoms with Gasteiger partial charge in [-0.3, -0.25) is 4.79 Å². The molecule has 0 saturated heterocycles. The quantitative estimate of drug-likeness (QED) is 0.270. The normalized spacial score (nSPS) is 12.2. The number of esters is 1. The van der Waals surface area contributed by atoms with E-state index in [-0.39, 0.29) is 29.9 Å². The van der Waals surface area contributed by atoms with E-state index in [0.717, 1.165) is 50.4 Å². The molecule has 2 aliphatic rings. The molecule has 3 aromatic heterocycles. The maximum Gasteiger partial charge on any atom is 0.305 e. The molecule has 156 valence electrons. The molecule has 8 bridgehead atoms. The summed E-state index contributed by atoms with van der Waals surface area (Å²) in [4.78, 5) is 27.8. The maximum atomic E-state index is 11.6. The van der Waals surface area contributed by atoms with Crippen molar-refractivity contribution in [1.82, 2.24) is 19.9 Å². The number of aromatic amines is 2. The third kappa shape index (κ3) is 4.77. The molecule has 0 spiro atoms. The summed E-state index contributed by atoms with van der Waals surface area (Å²) < 4.78 is 4.79.